The van der Waals surface area contributed by atoms with Crippen LogP contribution < -0.4 is 5.43 Å². The van der Waals surface area contributed by atoms with E-state index in [4.69, 9.17) is 0 Å². The van der Waals surface area contributed by atoms with Gasteiger partial charge < -0.3 is 0 Å². The van der Waals surface area contributed by atoms with Crippen molar-refractivity contribution in [2.24, 2.45) is 5.10 Å². The fourth-order valence-corrected chi connectivity index (χ4v) is 2.84. The number of aryl methyl sites for hydroxylation is 2. The lowest BCUT2D eigenvalue weighted by molar-refractivity contribution is 0.795. The summed E-state index contributed by atoms with van der Waals surface area (Å²) in [5.74, 6) is 1.39. The highest BCUT2D eigenvalue weighted by Crippen LogP contribution is 2.17. The number of hydrazone groups is 1. The molecule has 3 aromatic rings. The zero-order valence-corrected chi connectivity index (χ0v) is 16.2. The van der Waals surface area contributed by atoms with Gasteiger partial charge in [0.25, 0.3) is 0 Å². The number of anilines is 1. The molecule has 0 saturated carbocycles. The van der Waals surface area contributed by atoms with Gasteiger partial charge in [0, 0.05) is 17.3 Å². The van der Waals surface area contributed by atoms with Gasteiger partial charge in [0.15, 0.2) is 11.6 Å². The zero-order chi connectivity index (χ0) is 19.1. The van der Waals surface area contributed by atoms with Crippen molar-refractivity contribution in [3.63, 3.8) is 0 Å². The number of rotatable bonds is 7. The molecular formula is C23H26N4. The summed E-state index contributed by atoms with van der Waals surface area (Å²) in [6.45, 7) is 6.18. The van der Waals surface area contributed by atoms with Gasteiger partial charge >= 0.3 is 0 Å². The fraction of sp³-hybridized carbons (Fsp3) is 0.261. The van der Waals surface area contributed by atoms with Gasteiger partial charge in [-0.2, -0.15) is 5.10 Å². The SMILES string of the molecule is CCCCc1ccc(/C(C)=N\Nc2cc(C)nc(-c3ccccc3)n2)cc1. The minimum absolute atomic E-state index is 0.695. The summed E-state index contributed by atoms with van der Waals surface area (Å²) in [6.07, 6.45) is 3.58. The fourth-order valence-electron chi connectivity index (χ4n) is 2.84. The number of hydrogen-bond donors (Lipinski definition) is 1. The minimum Gasteiger partial charge on any atom is -0.261 e. The quantitative estimate of drug-likeness (QED) is 0.440. The van der Waals surface area contributed by atoms with Crippen LogP contribution in [0.3, 0.4) is 0 Å². The lowest BCUT2D eigenvalue weighted by Gasteiger charge is -2.07. The molecule has 0 aliphatic rings. The molecule has 2 aromatic carbocycles. The Morgan fingerprint density at radius 2 is 1.74 bits per heavy atom. The van der Waals surface area contributed by atoms with Crippen LogP contribution in [0.1, 0.15) is 43.5 Å². The second kappa shape index (κ2) is 9.08. The van der Waals surface area contributed by atoms with Crippen LogP contribution in [-0.2, 0) is 6.42 Å². The Morgan fingerprint density at radius 1 is 1.00 bits per heavy atom. The predicted octanol–water partition coefficient (Wildman–Crippen LogP) is 5.63. The first-order chi connectivity index (χ1) is 13.2. The smallest absolute Gasteiger partial charge is 0.161 e. The Labute approximate surface area is 161 Å². The Kier molecular flexibility index (Phi) is 6.31. The van der Waals surface area contributed by atoms with Gasteiger partial charge in [-0.1, -0.05) is 67.9 Å². The molecule has 0 bridgehead atoms. The number of hydrogen-bond acceptors (Lipinski definition) is 4. The van der Waals surface area contributed by atoms with Crippen LogP contribution in [0.4, 0.5) is 5.82 Å². The third-order valence-corrected chi connectivity index (χ3v) is 4.42. The summed E-state index contributed by atoms with van der Waals surface area (Å²) in [7, 11) is 0. The van der Waals surface area contributed by atoms with E-state index in [1.807, 2.05) is 50.2 Å². The molecule has 138 valence electrons. The van der Waals surface area contributed by atoms with Crippen molar-refractivity contribution in [3.05, 3.63) is 77.5 Å². The molecule has 1 aromatic heterocycles. The predicted molar refractivity (Wildman–Crippen MR) is 113 cm³/mol. The second-order valence-corrected chi connectivity index (χ2v) is 6.69. The molecular weight excluding hydrogens is 332 g/mol. The van der Waals surface area contributed by atoms with Crippen LogP contribution in [0, 0.1) is 6.92 Å². The molecule has 27 heavy (non-hydrogen) atoms. The highest BCUT2D eigenvalue weighted by atomic mass is 15.3. The van der Waals surface area contributed by atoms with E-state index in [1.165, 1.54) is 18.4 Å². The summed E-state index contributed by atoms with van der Waals surface area (Å²) < 4.78 is 0. The van der Waals surface area contributed by atoms with E-state index in [9.17, 15) is 0 Å². The second-order valence-electron chi connectivity index (χ2n) is 6.69. The largest absolute Gasteiger partial charge is 0.261 e. The third kappa shape index (κ3) is 5.23. The van der Waals surface area contributed by atoms with E-state index >= 15 is 0 Å². The van der Waals surface area contributed by atoms with Crippen molar-refractivity contribution in [3.8, 4) is 11.4 Å². The van der Waals surface area contributed by atoms with Crippen molar-refractivity contribution in [1.82, 2.24) is 9.97 Å². The number of unbranched alkanes of at least 4 members (excludes halogenated alkanes) is 1. The first kappa shape index (κ1) is 18.8. The van der Waals surface area contributed by atoms with E-state index in [1.54, 1.807) is 0 Å². The molecule has 0 radical (unpaired) electrons. The average Bonchev–Trinajstić information content (AvgIpc) is 2.71. The van der Waals surface area contributed by atoms with Crippen LogP contribution >= 0.6 is 0 Å². The summed E-state index contributed by atoms with van der Waals surface area (Å²) >= 11 is 0. The number of nitrogens with zero attached hydrogens (tertiary/aromatic N) is 3. The van der Waals surface area contributed by atoms with Crippen molar-refractivity contribution < 1.29 is 0 Å². The Morgan fingerprint density at radius 3 is 2.44 bits per heavy atom. The maximum absolute atomic E-state index is 4.59. The van der Waals surface area contributed by atoms with Crippen molar-refractivity contribution in [1.29, 1.82) is 0 Å². The van der Waals surface area contributed by atoms with Gasteiger partial charge in [-0.05, 0) is 37.8 Å². The van der Waals surface area contributed by atoms with Crippen LogP contribution in [0.2, 0.25) is 0 Å². The Hall–Kier alpha value is -3.01. The summed E-state index contributed by atoms with van der Waals surface area (Å²) in [5, 5.41) is 4.51. The first-order valence-electron chi connectivity index (χ1n) is 9.46. The normalized spacial score (nSPS) is 11.4. The first-order valence-corrected chi connectivity index (χ1v) is 9.46. The molecule has 0 spiro atoms. The molecule has 0 amide bonds. The maximum Gasteiger partial charge on any atom is 0.161 e. The Balaban J connectivity index is 1.74. The average molecular weight is 358 g/mol. The summed E-state index contributed by atoms with van der Waals surface area (Å²) in [5.41, 5.74) is 8.38. The molecule has 1 N–H and O–H groups in total. The van der Waals surface area contributed by atoms with Crippen LogP contribution in [0.15, 0.2) is 65.8 Å². The van der Waals surface area contributed by atoms with Crippen molar-refractivity contribution in [2.45, 2.75) is 40.0 Å². The van der Waals surface area contributed by atoms with Crippen molar-refractivity contribution >= 4 is 11.5 Å². The van der Waals surface area contributed by atoms with Gasteiger partial charge in [-0.25, -0.2) is 9.97 Å². The van der Waals surface area contributed by atoms with Gasteiger partial charge in [0.2, 0.25) is 0 Å². The summed E-state index contributed by atoms with van der Waals surface area (Å²) in [6, 6.07) is 20.5. The molecule has 0 aliphatic heterocycles. The molecule has 1 heterocycles. The molecule has 0 unspecified atom stereocenters. The monoisotopic (exact) mass is 358 g/mol. The van der Waals surface area contributed by atoms with E-state index in [0.717, 1.165) is 29.0 Å². The molecule has 0 fully saturated rings. The van der Waals surface area contributed by atoms with Gasteiger partial charge in [-0.15, -0.1) is 0 Å². The number of aromatic nitrogens is 2. The molecule has 4 heteroatoms. The van der Waals surface area contributed by atoms with Crippen molar-refractivity contribution in [2.75, 3.05) is 5.43 Å². The van der Waals surface area contributed by atoms with E-state index in [2.05, 4.69) is 51.7 Å². The van der Waals surface area contributed by atoms with E-state index in [0.29, 0.717) is 11.6 Å². The number of nitrogens with one attached hydrogen (secondary N) is 1. The topological polar surface area (TPSA) is 50.2 Å². The maximum atomic E-state index is 4.59. The van der Waals surface area contributed by atoms with E-state index in [-0.39, 0.29) is 0 Å². The van der Waals surface area contributed by atoms with E-state index < -0.39 is 0 Å². The van der Waals surface area contributed by atoms with Gasteiger partial charge in [0.1, 0.15) is 0 Å². The number of benzene rings is 2. The molecule has 0 aliphatic carbocycles. The van der Waals surface area contributed by atoms with Crippen LogP contribution in [-0.4, -0.2) is 15.7 Å². The van der Waals surface area contributed by atoms with Gasteiger partial charge in [-0.3, -0.25) is 5.43 Å². The van der Waals surface area contributed by atoms with Crippen LogP contribution in [0.5, 0.6) is 0 Å². The highest BCUT2D eigenvalue weighted by Gasteiger charge is 2.05. The zero-order valence-electron chi connectivity index (χ0n) is 16.2. The lowest BCUT2D eigenvalue weighted by atomic mass is 10.0. The van der Waals surface area contributed by atoms with Crippen LogP contribution in [0.25, 0.3) is 11.4 Å². The standard InChI is InChI=1S/C23H26N4/c1-4-5-9-19-12-14-20(15-13-19)18(3)26-27-22-16-17(2)24-23(25-22)21-10-7-6-8-11-21/h6-8,10-16H,4-5,9H2,1-3H3,(H,24,25,27)/b26-18-. The Bertz CT molecular complexity index is 899. The lowest BCUT2D eigenvalue weighted by Crippen LogP contribution is -2.03. The third-order valence-electron chi connectivity index (χ3n) is 4.42. The highest BCUT2D eigenvalue weighted by molar-refractivity contribution is 5.99. The molecule has 0 saturated heterocycles. The molecule has 4 nitrogen and oxygen atoms in total. The molecule has 0 atom stereocenters. The minimum atomic E-state index is 0.695. The van der Waals surface area contributed by atoms with Gasteiger partial charge in [0.05, 0.1) is 5.71 Å². The molecule has 3 rings (SSSR count). The summed E-state index contributed by atoms with van der Waals surface area (Å²) in [4.78, 5) is 9.11.